The maximum Gasteiger partial charge on any atom is 0.335 e. The minimum Gasteiger partial charge on any atom is -0.490 e. The minimum atomic E-state index is -0.828. The van der Waals surface area contributed by atoms with Gasteiger partial charge in [0.1, 0.15) is 24.5 Å². The number of anilines is 1. The van der Waals surface area contributed by atoms with Gasteiger partial charge in [0.05, 0.1) is 15.9 Å². The second-order valence-corrected chi connectivity index (χ2v) is 12.4. The molecule has 1 saturated heterocycles. The Morgan fingerprint density at radius 2 is 1.51 bits per heavy atom. The Hall–Kier alpha value is -4.16. The summed E-state index contributed by atoms with van der Waals surface area (Å²) in [4.78, 5) is 40.1. The summed E-state index contributed by atoms with van der Waals surface area (Å²) in [5, 5.41) is 2.27. The fourth-order valence-electron chi connectivity index (χ4n) is 4.62. The standard InChI is InChI=1S/C35H30BrIN2O6/c1-4-43-31-18-25(17-30(37)32(31)45-20-24-6-5-21(2)22(3)15-24)16-29-33(40)38-35(42)39(34(29)41)27-11-13-28(14-12-27)44-19-23-7-9-26(36)10-8-23/h5-18H,4,19-20H2,1-3H3,(H,38,40,42)/b29-16+. The first kappa shape index (κ1) is 32.2. The molecule has 1 aliphatic heterocycles. The summed E-state index contributed by atoms with van der Waals surface area (Å²) in [6.07, 6.45) is 1.45. The Balaban J connectivity index is 1.35. The summed E-state index contributed by atoms with van der Waals surface area (Å²) in [6, 6.07) is 23.2. The van der Waals surface area contributed by atoms with E-state index in [1.807, 2.05) is 37.3 Å². The average molecular weight is 781 g/mol. The number of barbiturate groups is 1. The van der Waals surface area contributed by atoms with Crippen LogP contribution in [0.2, 0.25) is 0 Å². The molecule has 1 heterocycles. The lowest BCUT2D eigenvalue weighted by Crippen LogP contribution is -2.54. The van der Waals surface area contributed by atoms with Gasteiger partial charge in [-0.1, -0.05) is 46.3 Å². The predicted molar refractivity (Wildman–Crippen MR) is 184 cm³/mol. The van der Waals surface area contributed by atoms with Crippen molar-refractivity contribution >= 4 is 68.1 Å². The van der Waals surface area contributed by atoms with Gasteiger partial charge < -0.3 is 14.2 Å². The van der Waals surface area contributed by atoms with E-state index in [1.54, 1.807) is 36.4 Å². The highest BCUT2D eigenvalue weighted by Crippen LogP contribution is 2.36. The third-order valence-corrected chi connectivity index (χ3v) is 8.44. The van der Waals surface area contributed by atoms with Crippen LogP contribution in [-0.4, -0.2) is 24.5 Å². The molecule has 10 heteroatoms. The van der Waals surface area contributed by atoms with Crippen LogP contribution in [0.15, 0.2) is 88.9 Å². The van der Waals surface area contributed by atoms with Gasteiger partial charge in [0, 0.05) is 4.47 Å². The molecule has 0 spiro atoms. The molecule has 1 aliphatic rings. The molecule has 0 aliphatic carbocycles. The highest BCUT2D eigenvalue weighted by Gasteiger charge is 2.37. The van der Waals surface area contributed by atoms with Crippen molar-refractivity contribution in [2.45, 2.75) is 34.0 Å². The van der Waals surface area contributed by atoms with Crippen LogP contribution >= 0.6 is 38.5 Å². The van der Waals surface area contributed by atoms with Gasteiger partial charge in [-0.3, -0.25) is 14.9 Å². The Kier molecular flexibility index (Phi) is 10.2. The molecule has 45 heavy (non-hydrogen) atoms. The first-order valence-electron chi connectivity index (χ1n) is 14.2. The zero-order chi connectivity index (χ0) is 32.1. The van der Waals surface area contributed by atoms with E-state index in [0.29, 0.717) is 48.3 Å². The lowest BCUT2D eigenvalue weighted by molar-refractivity contribution is -0.122. The van der Waals surface area contributed by atoms with Gasteiger partial charge in [-0.05, 0) is 126 Å². The zero-order valence-electron chi connectivity index (χ0n) is 24.9. The molecular formula is C35H30BrIN2O6. The molecule has 1 fully saturated rings. The monoisotopic (exact) mass is 780 g/mol. The second kappa shape index (κ2) is 14.3. The van der Waals surface area contributed by atoms with Gasteiger partial charge in [0.15, 0.2) is 11.5 Å². The van der Waals surface area contributed by atoms with Gasteiger partial charge >= 0.3 is 6.03 Å². The number of hydrogen-bond donors (Lipinski definition) is 1. The molecule has 0 radical (unpaired) electrons. The summed E-state index contributed by atoms with van der Waals surface area (Å²) in [6.45, 7) is 7.08. The van der Waals surface area contributed by atoms with E-state index in [1.165, 1.54) is 17.2 Å². The van der Waals surface area contributed by atoms with E-state index in [0.717, 1.165) is 24.1 Å². The molecule has 4 amide bonds. The van der Waals surface area contributed by atoms with Crippen molar-refractivity contribution in [3.8, 4) is 17.2 Å². The quantitative estimate of drug-likeness (QED) is 0.100. The van der Waals surface area contributed by atoms with Crippen LogP contribution in [0.25, 0.3) is 6.08 Å². The Labute approximate surface area is 283 Å². The normalized spacial score (nSPS) is 14.0. The maximum atomic E-state index is 13.5. The predicted octanol–water partition coefficient (Wildman–Crippen LogP) is 7.89. The molecule has 0 bridgehead atoms. The number of urea groups is 1. The largest absolute Gasteiger partial charge is 0.490 e. The average Bonchev–Trinajstić information content (AvgIpc) is 3.01. The molecule has 0 atom stereocenters. The van der Waals surface area contributed by atoms with Crippen molar-refractivity contribution in [2.24, 2.45) is 0 Å². The number of aryl methyl sites for hydroxylation is 2. The number of amides is 4. The topological polar surface area (TPSA) is 94.2 Å². The minimum absolute atomic E-state index is 0.188. The molecule has 8 nitrogen and oxygen atoms in total. The molecule has 4 aromatic carbocycles. The number of carbonyl (C=O) groups excluding carboxylic acids is 3. The van der Waals surface area contributed by atoms with Gasteiger partial charge in [0.25, 0.3) is 11.8 Å². The van der Waals surface area contributed by atoms with E-state index < -0.39 is 17.8 Å². The third-order valence-electron chi connectivity index (χ3n) is 7.11. The van der Waals surface area contributed by atoms with E-state index in [-0.39, 0.29) is 5.57 Å². The van der Waals surface area contributed by atoms with Gasteiger partial charge in [0.2, 0.25) is 0 Å². The fourth-order valence-corrected chi connectivity index (χ4v) is 5.67. The molecule has 5 rings (SSSR count). The number of ether oxygens (including phenoxy) is 3. The van der Waals surface area contributed by atoms with E-state index in [4.69, 9.17) is 14.2 Å². The summed E-state index contributed by atoms with van der Waals surface area (Å²) < 4.78 is 19.6. The summed E-state index contributed by atoms with van der Waals surface area (Å²) in [5.74, 6) is 0.0946. The highest BCUT2D eigenvalue weighted by atomic mass is 127. The van der Waals surface area contributed by atoms with Crippen molar-refractivity contribution in [1.82, 2.24) is 5.32 Å². The van der Waals surface area contributed by atoms with Crippen molar-refractivity contribution in [3.63, 3.8) is 0 Å². The zero-order valence-corrected chi connectivity index (χ0v) is 28.6. The highest BCUT2D eigenvalue weighted by molar-refractivity contribution is 14.1. The summed E-state index contributed by atoms with van der Waals surface area (Å²) in [7, 11) is 0. The van der Waals surface area contributed by atoms with Crippen molar-refractivity contribution in [1.29, 1.82) is 0 Å². The Bertz CT molecular complexity index is 1790. The number of nitrogens with one attached hydrogen (secondary N) is 1. The molecule has 0 aromatic heterocycles. The number of carbonyl (C=O) groups is 3. The molecule has 0 unspecified atom stereocenters. The van der Waals surface area contributed by atoms with Crippen molar-refractivity contribution < 1.29 is 28.6 Å². The number of nitrogens with zero attached hydrogens (tertiary/aromatic N) is 1. The maximum absolute atomic E-state index is 13.5. The van der Waals surface area contributed by atoms with Crippen LogP contribution in [0, 0.1) is 17.4 Å². The lowest BCUT2D eigenvalue weighted by atomic mass is 10.1. The van der Waals surface area contributed by atoms with Crippen LogP contribution in [0.5, 0.6) is 17.2 Å². The first-order valence-corrected chi connectivity index (χ1v) is 16.0. The van der Waals surface area contributed by atoms with Gasteiger partial charge in [-0.15, -0.1) is 0 Å². The fraction of sp³-hybridized carbons (Fsp3) is 0.171. The van der Waals surface area contributed by atoms with Gasteiger partial charge in [-0.25, -0.2) is 9.69 Å². The summed E-state index contributed by atoms with van der Waals surface area (Å²) >= 11 is 5.56. The SMILES string of the molecule is CCOc1cc(/C=C2\C(=O)NC(=O)N(c3ccc(OCc4ccc(Br)cc4)cc3)C2=O)cc(I)c1OCc1ccc(C)c(C)c1. The van der Waals surface area contributed by atoms with E-state index in [2.05, 4.69) is 69.8 Å². The first-order chi connectivity index (χ1) is 21.6. The van der Waals surface area contributed by atoms with Crippen LogP contribution < -0.4 is 24.4 Å². The molecule has 230 valence electrons. The van der Waals surface area contributed by atoms with E-state index >= 15 is 0 Å². The number of benzene rings is 4. The molecule has 1 N–H and O–H groups in total. The van der Waals surface area contributed by atoms with E-state index in [9.17, 15) is 14.4 Å². The molecular weight excluding hydrogens is 751 g/mol. The second-order valence-electron chi connectivity index (χ2n) is 10.3. The smallest absolute Gasteiger partial charge is 0.335 e. The van der Waals surface area contributed by atoms with Crippen LogP contribution in [-0.2, 0) is 22.8 Å². The van der Waals surface area contributed by atoms with Crippen molar-refractivity contribution in [2.75, 3.05) is 11.5 Å². The van der Waals surface area contributed by atoms with Crippen LogP contribution in [0.1, 0.15) is 34.7 Å². The number of imide groups is 2. The number of hydrogen-bond acceptors (Lipinski definition) is 6. The van der Waals surface area contributed by atoms with Crippen LogP contribution in [0.4, 0.5) is 10.5 Å². The number of halogens is 2. The summed E-state index contributed by atoms with van der Waals surface area (Å²) in [5.41, 5.74) is 5.07. The van der Waals surface area contributed by atoms with Crippen molar-refractivity contribution in [3.05, 3.63) is 120 Å². The Morgan fingerprint density at radius 1 is 0.822 bits per heavy atom. The van der Waals surface area contributed by atoms with Gasteiger partial charge in [-0.2, -0.15) is 0 Å². The molecule has 4 aromatic rings. The lowest BCUT2D eigenvalue weighted by Gasteiger charge is -2.26. The Morgan fingerprint density at radius 3 is 2.20 bits per heavy atom. The molecule has 0 saturated carbocycles. The third kappa shape index (κ3) is 7.74. The van der Waals surface area contributed by atoms with Crippen LogP contribution in [0.3, 0.4) is 0 Å². The number of rotatable bonds is 10.